The fourth-order valence-corrected chi connectivity index (χ4v) is 4.16. The Balaban J connectivity index is 1.65. The van der Waals surface area contributed by atoms with Gasteiger partial charge in [0.05, 0.1) is 0 Å². The number of nitrogens with one attached hydrogen (secondary N) is 1. The molecule has 1 aliphatic heterocycles. The molecule has 3 aliphatic rings. The molecule has 2 saturated carbocycles. The second kappa shape index (κ2) is 6.16. The molecule has 1 saturated heterocycles. The van der Waals surface area contributed by atoms with Crippen LogP contribution in [-0.4, -0.2) is 29.3 Å². The van der Waals surface area contributed by atoms with Gasteiger partial charge in [0, 0.05) is 6.54 Å². The van der Waals surface area contributed by atoms with Gasteiger partial charge in [0.25, 0.3) is 0 Å². The van der Waals surface area contributed by atoms with Crippen LogP contribution in [0.5, 0.6) is 0 Å². The van der Waals surface area contributed by atoms with Gasteiger partial charge in [-0.1, -0.05) is 38.5 Å². The lowest BCUT2D eigenvalue weighted by Gasteiger charge is -2.33. The average molecular weight is 292 g/mol. The summed E-state index contributed by atoms with van der Waals surface area (Å²) in [5, 5.41) is 2.39. The van der Waals surface area contributed by atoms with E-state index in [0.29, 0.717) is 12.5 Å². The standard InChI is InChI=1S/C16H24N2O3/c19-14-13(12-7-3-4-8-12)15(20)18(16(21)17-14)10-9-11-5-1-2-6-11/h11-13H,1-10H2,(H,17,19,21). The van der Waals surface area contributed by atoms with Crippen LogP contribution in [0.25, 0.3) is 0 Å². The molecule has 1 unspecified atom stereocenters. The first-order chi connectivity index (χ1) is 10.2. The maximum Gasteiger partial charge on any atom is 0.330 e. The van der Waals surface area contributed by atoms with E-state index in [-0.39, 0.29) is 17.7 Å². The van der Waals surface area contributed by atoms with Crippen molar-refractivity contribution < 1.29 is 14.4 Å². The zero-order valence-electron chi connectivity index (χ0n) is 12.5. The van der Waals surface area contributed by atoms with Crippen LogP contribution in [0.15, 0.2) is 0 Å². The number of hydrogen-bond donors (Lipinski definition) is 1. The van der Waals surface area contributed by atoms with E-state index in [0.717, 1.165) is 32.1 Å². The summed E-state index contributed by atoms with van der Waals surface area (Å²) in [4.78, 5) is 37.9. The van der Waals surface area contributed by atoms with Crippen molar-refractivity contribution in [2.75, 3.05) is 6.54 Å². The molecule has 0 aromatic carbocycles. The SMILES string of the molecule is O=C1NC(=O)N(CCC2CCCC2)C(=O)C1C1CCCC1. The summed E-state index contributed by atoms with van der Waals surface area (Å²) in [6.07, 6.45) is 9.81. The Morgan fingerprint density at radius 1 is 0.952 bits per heavy atom. The second-order valence-corrected chi connectivity index (χ2v) is 6.75. The lowest BCUT2D eigenvalue weighted by Crippen LogP contribution is -2.59. The Hall–Kier alpha value is -1.39. The molecule has 1 heterocycles. The Morgan fingerprint density at radius 3 is 2.24 bits per heavy atom. The lowest BCUT2D eigenvalue weighted by molar-refractivity contribution is -0.145. The monoisotopic (exact) mass is 292 g/mol. The average Bonchev–Trinajstić information content (AvgIpc) is 3.10. The first-order valence-electron chi connectivity index (χ1n) is 8.33. The predicted molar refractivity (Wildman–Crippen MR) is 77.3 cm³/mol. The highest BCUT2D eigenvalue weighted by Crippen LogP contribution is 2.34. The number of urea groups is 1. The third-order valence-electron chi connectivity index (χ3n) is 5.40. The Labute approximate surface area is 125 Å². The van der Waals surface area contributed by atoms with Crippen LogP contribution in [0, 0.1) is 17.8 Å². The summed E-state index contributed by atoms with van der Waals surface area (Å²) >= 11 is 0. The molecule has 3 rings (SSSR count). The van der Waals surface area contributed by atoms with Crippen LogP contribution in [-0.2, 0) is 9.59 Å². The fraction of sp³-hybridized carbons (Fsp3) is 0.812. The van der Waals surface area contributed by atoms with Gasteiger partial charge in [0.15, 0.2) is 0 Å². The van der Waals surface area contributed by atoms with Gasteiger partial charge in [-0.25, -0.2) is 4.79 Å². The van der Waals surface area contributed by atoms with E-state index in [1.165, 1.54) is 30.6 Å². The van der Waals surface area contributed by atoms with E-state index in [9.17, 15) is 14.4 Å². The van der Waals surface area contributed by atoms with E-state index in [1.807, 2.05) is 0 Å². The first-order valence-corrected chi connectivity index (χ1v) is 8.33. The number of carbonyl (C=O) groups is 3. The summed E-state index contributed by atoms with van der Waals surface area (Å²) in [5.74, 6) is -0.510. The summed E-state index contributed by atoms with van der Waals surface area (Å²) in [7, 11) is 0. The topological polar surface area (TPSA) is 66.5 Å². The minimum Gasteiger partial charge on any atom is -0.277 e. The number of carbonyl (C=O) groups excluding carboxylic acids is 3. The van der Waals surface area contributed by atoms with Gasteiger partial charge in [-0.05, 0) is 31.1 Å². The Bertz CT molecular complexity index is 437. The highest BCUT2D eigenvalue weighted by atomic mass is 16.2. The quantitative estimate of drug-likeness (QED) is 0.809. The Morgan fingerprint density at radius 2 is 1.57 bits per heavy atom. The highest BCUT2D eigenvalue weighted by molar-refractivity contribution is 6.16. The molecule has 0 bridgehead atoms. The molecular weight excluding hydrogens is 268 g/mol. The highest BCUT2D eigenvalue weighted by Gasteiger charge is 2.45. The zero-order chi connectivity index (χ0) is 14.8. The van der Waals surface area contributed by atoms with Gasteiger partial charge in [0.2, 0.25) is 11.8 Å². The number of hydrogen-bond acceptors (Lipinski definition) is 3. The zero-order valence-corrected chi connectivity index (χ0v) is 12.5. The maximum absolute atomic E-state index is 12.6. The van der Waals surface area contributed by atoms with Gasteiger partial charge >= 0.3 is 6.03 Å². The van der Waals surface area contributed by atoms with Gasteiger partial charge < -0.3 is 0 Å². The third-order valence-corrected chi connectivity index (χ3v) is 5.40. The molecule has 5 nitrogen and oxygen atoms in total. The molecule has 21 heavy (non-hydrogen) atoms. The number of amides is 4. The van der Waals surface area contributed by atoms with E-state index in [2.05, 4.69) is 5.32 Å². The summed E-state index contributed by atoms with van der Waals surface area (Å²) in [6, 6.07) is -0.516. The summed E-state index contributed by atoms with van der Waals surface area (Å²) in [6.45, 7) is 0.464. The minimum atomic E-state index is -0.631. The summed E-state index contributed by atoms with van der Waals surface area (Å²) < 4.78 is 0. The largest absolute Gasteiger partial charge is 0.330 e. The summed E-state index contributed by atoms with van der Waals surface area (Å²) in [5.41, 5.74) is 0. The number of imide groups is 2. The molecule has 1 atom stereocenters. The van der Waals surface area contributed by atoms with Crippen molar-refractivity contribution in [2.45, 2.75) is 57.8 Å². The Kier molecular flexibility index (Phi) is 4.27. The molecule has 0 aromatic heterocycles. The van der Waals surface area contributed by atoms with Crippen LogP contribution in [0.1, 0.15) is 57.8 Å². The lowest BCUT2D eigenvalue weighted by atomic mass is 9.87. The molecular formula is C16H24N2O3. The van der Waals surface area contributed by atoms with Gasteiger partial charge in [-0.3, -0.25) is 19.8 Å². The van der Waals surface area contributed by atoms with E-state index >= 15 is 0 Å². The van der Waals surface area contributed by atoms with E-state index in [1.54, 1.807) is 0 Å². The number of nitrogens with zero attached hydrogens (tertiary/aromatic N) is 1. The molecule has 4 amide bonds. The van der Waals surface area contributed by atoms with Gasteiger partial charge in [0.1, 0.15) is 5.92 Å². The molecule has 3 fully saturated rings. The van der Waals surface area contributed by atoms with Crippen LogP contribution < -0.4 is 5.32 Å². The smallest absolute Gasteiger partial charge is 0.277 e. The predicted octanol–water partition coefficient (Wildman–Crippen LogP) is 2.45. The second-order valence-electron chi connectivity index (χ2n) is 6.75. The van der Waals surface area contributed by atoms with Crippen molar-refractivity contribution in [3.8, 4) is 0 Å². The van der Waals surface area contributed by atoms with Gasteiger partial charge in [-0.2, -0.15) is 0 Å². The van der Waals surface area contributed by atoms with Crippen molar-refractivity contribution in [3.63, 3.8) is 0 Å². The van der Waals surface area contributed by atoms with Crippen LogP contribution in [0.2, 0.25) is 0 Å². The molecule has 0 radical (unpaired) electrons. The molecule has 5 heteroatoms. The molecule has 2 aliphatic carbocycles. The fourth-order valence-electron chi connectivity index (χ4n) is 4.16. The van der Waals surface area contributed by atoms with Crippen LogP contribution in [0.4, 0.5) is 4.79 Å². The number of barbiturate groups is 1. The molecule has 0 spiro atoms. The van der Waals surface area contributed by atoms with E-state index < -0.39 is 11.9 Å². The van der Waals surface area contributed by atoms with Crippen LogP contribution in [0.3, 0.4) is 0 Å². The first kappa shape index (κ1) is 14.5. The number of rotatable bonds is 4. The third kappa shape index (κ3) is 2.97. The minimum absolute atomic E-state index is 0.125. The molecule has 1 N–H and O–H groups in total. The van der Waals surface area contributed by atoms with Gasteiger partial charge in [-0.15, -0.1) is 0 Å². The van der Waals surface area contributed by atoms with Crippen molar-refractivity contribution in [1.82, 2.24) is 10.2 Å². The van der Waals surface area contributed by atoms with Crippen molar-refractivity contribution >= 4 is 17.8 Å². The molecule has 116 valence electrons. The van der Waals surface area contributed by atoms with Crippen molar-refractivity contribution in [3.05, 3.63) is 0 Å². The van der Waals surface area contributed by atoms with E-state index in [4.69, 9.17) is 0 Å². The molecule has 0 aromatic rings. The maximum atomic E-state index is 12.6. The van der Waals surface area contributed by atoms with Crippen LogP contribution >= 0.6 is 0 Å². The van der Waals surface area contributed by atoms with Crippen molar-refractivity contribution in [1.29, 1.82) is 0 Å². The normalized spacial score (nSPS) is 28.5. The van der Waals surface area contributed by atoms with Crippen molar-refractivity contribution in [2.24, 2.45) is 17.8 Å².